The fourth-order valence-electron chi connectivity index (χ4n) is 1.13. The minimum Gasteiger partial charge on any atom is -0.391 e. The highest BCUT2D eigenvalue weighted by Crippen LogP contribution is 2.25. The van der Waals surface area contributed by atoms with E-state index in [1.807, 2.05) is 0 Å². The molecule has 0 amide bonds. The van der Waals surface area contributed by atoms with Gasteiger partial charge in [-0.05, 0) is 39.0 Å². The number of benzene rings is 1. The summed E-state index contributed by atoms with van der Waals surface area (Å²) in [5, 5.41) is 9.96. The number of sulfonamides is 1. The van der Waals surface area contributed by atoms with Crippen molar-refractivity contribution in [3.63, 3.8) is 0 Å². The van der Waals surface area contributed by atoms with Gasteiger partial charge >= 0.3 is 0 Å². The molecule has 102 valence electrons. The number of rotatable bonds is 4. The van der Waals surface area contributed by atoms with Gasteiger partial charge in [0, 0.05) is 0 Å². The van der Waals surface area contributed by atoms with Crippen molar-refractivity contribution in [3.05, 3.63) is 28.2 Å². The van der Waals surface area contributed by atoms with Crippen molar-refractivity contribution in [2.24, 2.45) is 0 Å². The van der Waals surface area contributed by atoms with Crippen LogP contribution >= 0.6 is 23.2 Å². The second-order valence-electron chi connectivity index (χ2n) is 4.58. The number of hydrogen-bond donors (Lipinski definition) is 2. The summed E-state index contributed by atoms with van der Waals surface area (Å²) in [6.45, 7) is 4.69. The molecule has 0 saturated carbocycles. The fourth-order valence-corrected chi connectivity index (χ4v) is 3.00. The molecule has 0 radical (unpaired) electrons. The van der Waals surface area contributed by atoms with Gasteiger partial charge in [-0.25, -0.2) is 13.1 Å². The lowest BCUT2D eigenvalue weighted by Crippen LogP contribution is -2.50. The third-order valence-corrected chi connectivity index (χ3v) is 5.05. The summed E-state index contributed by atoms with van der Waals surface area (Å²) in [6.07, 6.45) is -0.838. The van der Waals surface area contributed by atoms with Crippen LogP contribution in [-0.2, 0) is 10.0 Å². The van der Waals surface area contributed by atoms with Crippen molar-refractivity contribution in [1.82, 2.24) is 4.72 Å². The Balaban J connectivity index is 3.11. The molecule has 1 atom stereocenters. The smallest absolute Gasteiger partial charge is 0.241 e. The monoisotopic (exact) mass is 311 g/mol. The van der Waals surface area contributed by atoms with E-state index < -0.39 is 21.7 Å². The molecule has 7 heteroatoms. The van der Waals surface area contributed by atoms with Crippen molar-refractivity contribution >= 4 is 33.2 Å². The van der Waals surface area contributed by atoms with Crippen molar-refractivity contribution in [1.29, 1.82) is 0 Å². The van der Waals surface area contributed by atoms with Crippen LogP contribution in [0.15, 0.2) is 23.1 Å². The summed E-state index contributed by atoms with van der Waals surface area (Å²) >= 11 is 11.5. The Hall–Kier alpha value is -0.330. The molecule has 0 heterocycles. The summed E-state index contributed by atoms with van der Waals surface area (Å²) in [6, 6.07) is 4.03. The third-order valence-electron chi connectivity index (χ3n) is 2.64. The highest BCUT2D eigenvalue weighted by Gasteiger charge is 2.30. The molecule has 18 heavy (non-hydrogen) atoms. The molecule has 0 fully saturated rings. The van der Waals surface area contributed by atoms with Crippen molar-refractivity contribution in [3.8, 4) is 0 Å². The molecule has 4 nitrogen and oxygen atoms in total. The maximum atomic E-state index is 12.1. The Morgan fingerprint density at radius 2 is 1.83 bits per heavy atom. The van der Waals surface area contributed by atoms with Gasteiger partial charge in [-0.3, -0.25) is 0 Å². The highest BCUT2D eigenvalue weighted by molar-refractivity contribution is 7.89. The average Bonchev–Trinajstić information content (AvgIpc) is 2.20. The van der Waals surface area contributed by atoms with E-state index in [4.69, 9.17) is 23.2 Å². The van der Waals surface area contributed by atoms with E-state index in [1.165, 1.54) is 25.1 Å². The number of aliphatic hydroxyl groups excluding tert-OH is 1. The second-order valence-corrected chi connectivity index (χ2v) is 7.08. The predicted octanol–water partition coefficient (Wildman–Crippen LogP) is 2.43. The fraction of sp³-hybridized carbons (Fsp3) is 0.455. The van der Waals surface area contributed by atoms with Gasteiger partial charge in [0.05, 0.1) is 26.6 Å². The van der Waals surface area contributed by atoms with Crippen LogP contribution in [0.2, 0.25) is 10.0 Å². The van der Waals surface area contributed by atoms with Gasteiger partial charge in [0.2, 0.25) is 10.0 Å². The number of nitrogens with one attached hydrogen (secondary N) is 1. The Morgan fingerprint density at radius 3 is 2.28 bits per heavy atom. The van der Waals surface area contributed by atoms with Crippen LogP contribution in [0.25, 0.3) is 0 Å². The van der Waals surface area contributed by atoms with Crippen LogP contribution in [0.4, 0.5) is 0 Å². The second kappa shape index (κ2) is 5.35. The van der Waals surface area contributed by atoms with Gasteiger partial charge in [0.15, 0.2) is 0 Å². The number of halogens is 2. The largest absolute Gasteiger partial charge is 0.391 e. The lowest BCUT2D eigenvalue weighted by Gasteiger charge is -2.28. The van der Waals surface area contributed by atoms with E-state index >= 15 is 0 Å². The Bertz CT molecular complexity index is 541. The van der Waals surface area contributed by atoms with Crippen LogP contribution in [0.1, 0.15) is 20.8 Å². The lowest BCUT2D eigenvalue weighted by molar-refractivity contribution is 0.111. The van der Waals surface area contributed by atoms with Gasteiger partial charge in [-0.15, -0.1) is 0 Å². The highest BCUT2D eigenvalue weighted by atomic mass is 35.5. The summed E-state index contributed by atoms with van der Waals surface area (Å²) in [4.78, 5) is 0.00521. The van der Waals surface area contributed by atoms with Gasteiger partial charge in [0.1, 0.15) is 0 Å². The first kappa shape index (κ1) is 15.7. The van der Waals surface area contributed by atoms with E-state index in [0.29, 0.717) is 0 Å². The zero-order valence-corrected chi connectivity index (χ0v) is 12.6. The van der Waals surface area contributed by atoms with Gasteiger partial charge in [-0.2, -0.15) is 0 Å². The van der Waals surface area contributed by atoms with Gasteiger partial charge < -0.3 is 5.11 Å². The Kier molecular flexibility index (Phi) is 4.67. The molecule has 1 rings (SSSR count). The minimum absolute atomic E-state index is 0.00521. The van der Waals surface area contributed by atoms with Crippen LogP contribution in [0.3, 0.4) is 0 Å². The average molecular weight is 312 g/mol. The molecule has 1 aromatic rings. The zero-order valence-electron chi connectivity index (χ0n) is 10.2. The molecule has 0 aliphatic carbocycles. The maximum Gasteiger partial charge on any atom is 0.241 e. The topological polar surface area (TPSA) is 66.4 Å². The molecule has 0 saturated heterocycles. The first-order valence-electron chi connectivity index (χ1n) is 5.23. The molecule has 1 aromatic carbocycles. The van der Waals surface area contributed by atoms with E-state index in [2.05, 4.69) is 4.72 Å². The molecular formula is C11H15Cl2NO3S. The summed E-state index contributed by atoms with van der Waals surface area (Å²) < 4.78 is 26.6. The molecule has 0 spiro atoms. The maximum absolute atomic E-state index is 12.1. The molecule has 0 aromatic heterocycles. The molecule has 0 aliphatic rings. The van der Waals surface area contributed by atoms with Crippen molar-refractivity contribution < 1.29 is 13.5 Å². The first-order chi connectivity index (χ1) is 8.06. The number of aliphatic hydroxyl groups is 1. The van der Waals surface area contributed by atoms with Crippen molar-refractivity contribution in [2.45, 2.75) is 37.3 Å². The van der Waals surface area contributed by atoms with E-state index in [1.54, 1.807) is 13.8 Å². The lowest BCUT2D eigenvalue weighted by atomic mass is 10.0. The zero-order chi connectivity index (χ0) is 14.1. The van der Waals surface area contributed by atoms with E-state index in [-0.39, 0.29) is 14.9 Å². The molecule has 1 unspecified atom stereocenters. The summed E-state index contributed by atoms with van der Waals surface area (Å²) in [5.41, 5.74) is -0.981. The summed E-state index contributed by atoms with van der Waals surface area (Å²) in [7, 11) is -3.76. The van der Waals surface area contributed by atoms with Crippen LogP contribution < -0.4 is 4.72 Å². The predicted molar refractivity (Wildman–Crippen MR) is 72.5 cm³/mol. The molecule has 2 N–H and O–H groups in total. The van der Waals surface area contributed by atoms with Gasteiger partial charge in [0.25, 0.3) is 0 Å². The SMILES string of the molecule is CC(O)C(C)(C)NS(=O)(=O)c1ccc(Cl)c(Cl)c1. The Labute approximate surface area is 117 Å². The standard InChI is InChI=1S/C11H15Cl2NO3S/c1-7(15)11(2,3)14-18(16,17)8-4-5-9(12)10(13)6-8/h4-7,14-15H,1-3H3. The van der Waals surface area contributed by atoms with E-state index in [0.717, 1.165) is 0 Å². The Morgan fingerprint density at radius 1 is 1.28 bits per heavy atom. The summed E-state index contributed by atoms with van der Waals surface area (Å²) in [5.74, 6) is 0. The van der Waals surface area contributed by atoms with Crippen LogP contribution in [-0.4, -0.2) is 25.2 Å². The normalized spacial score (nSPS) is 14.6. The third kappa shape index (κ3) is 3.59. The quantitative estimate of drug-likeness (QED) is 0.897. The van der Waals surface area contributed by atoms with Crippen LogP contribution in [0.5, 0.6) is 0 Å². The molecule has 0 bridgehead atoms. The van der Waals surface area contributed by atoms with Crippen LogP contribution in [0, 0.1) is 0 Å². The molecule has 0 aliphatic heterocycles. The number of hydrogen-bond acceptors (Lipinski definition) is 3. The van der Waals surface area contributed by atoms with E-state index in [9.17, 15) is 13.5 Å². The van der Waals surface area contributed by atoms with Gasteiger partial charge in [-0.1, -0.05) is 23.2 Å². The first-order valence-corrected chi connectivity index (χ1v) is 7.47. The molecular weight excluding hydrogens is 297 g/mol. The van der Waals surface area contributed by atoms with Crippen molar-refractivity contribution in [2.75, 3.05) is 0 Å². The minimum atomic E-state index is -3.76.